The van der Waals surface area contributed by atoms with Crippen molar-refractivity contribution in [3.05, 3.63) is 83.7 Å². The predicted molar refractivity (Wildman–Crippen MR) is 160 cm³/mol. The van der Waals surface area contributed by atoms with E-state index in [9.17, 15) is 19.1 Å². The van der Waals surface area contributed by atoms with E-state index in [1.165, 1.54) is 24.3 Å². The summed E-state index contributed by atoms with van der Waals surface area (Å²) in [4.78, 5) is 24.4. The number of fused-ring (bicyclic) bond motifs is 1. The van der Waals surface area contributed by atoms with Gasteiger partial charge in [0.25, 0.3) is 0 Å². The third kappa shape index (κ3) is 8.17. The van der Waals surface area contributed by atoms with Crippen molar-refractivity contribution in [2.75, 3.05) is 11.1 Å². The number of carboxylic acids is 1. The summed E-state index contributed by atoms with van der Waals surface area (Å²) in [6, 6.07) is 17.4. The molecule has 2 amide bonds. The lowest BCUT2D eigenvalue weighted by atomic mass is 10.1. The van der Waals surface area contributed by atoms with Crippen molar-refractivity contribution in [3.8, 4) is 5.88 Å². The number of nitrogens with zero attached hydrogens (tertiary/aromatic N) is 3. The summed E-state index contributed by atoms with van der Waals surface area (Å²) in [5, 5.41) is 31.3. The highest BCUT2D eigenvalue weighted by Gasteiger charge is 2.18. The third-order valence-corrected chi connectivity index (χ3v) is 7.71. The molecule has 0 fully saturated rings. The van der Waals surface area contributed by atoms with Crippen LogP contribution in [0.2, 0.25) is 0 Å². The molecular weight excluding hydrogens is 543 g/mol. The van der Waals surface area contributed by atoms with Gasteiger partial charge in [0.1, 0.15) is 5.82 Å². The molecule has 1 heterocycles. The number of halogens is 1. The topological polar surface area (TPSA) is 116 Å². The number of unbranched alkanes of at least 4 members (excludes halogenated alkanes) is 3. The third-order valence-electron chi connectivity index (χ3n) is 6.63. The van der Waals surface area contributed by atoms with Gasteiger partial charge in [-0.25, -0.2) is 14.0 Å². The summed E-state index contributed by atoms with van der Waals surface area (Å²) in [7, 11) is 0. The van der Waals surface area contributed by atoms with E-state index in [2.05, 4.69) is 22.5 Å². The van der Waals surface area contributed by atoms with Gasteiger partial charge in [0.2, 0.25) is 5.88 Å². The molecule has 8 nitrogen and oxygen atoms in total. The highest BCUT2D eigenvalue weighted by molar-refractivity contribution is 7.99. The molecule has 0 atom stereocenters. The summed E-state index contributed by atoms with van der Waals surface area (Å²) >= 11 is 1.67. The van der Waals surface area contributed by atoms with Gasteiger partial charge in [-0.15, -0.1) is 16.9 Å². The fourth-order valence-corrected chi connectivity index (χ4v) is 5.36. The molecule has 0 radical (unpaired) electrons. The van der Waals surface area contributed by atoms with Crippen LogP contribution in [0.15, 0.2) is 81.9 Å². The number of carboxylic acid groups (broad SMARTS) is 1. The molecule has 1 aromatic heterocycles. The van der Waals surface area contributed by atoms with Crippen molar-refractivity contribution < 1.29 is 24.2 Å². The van der Waals surface area contributed by atoms with E-state index in [1.807, 2.05) is 34.9 Å². The quantitative estimate of drug-likeness (QED) is 0.0835. The van der Waals surface area contributed by atoms with Crippen LogP contribution in [0, 0.1) is 5.82 Å². The zero-order valence-electron chi connectivity index (χ0n) is 22.8. The van der Waals surface area contributed by atoms with Crippen LogP contribution in [-0.2, 0) is 13.0 Å². The number of anilines is 1. The Morgan fingerprint density at radius 1 is 0.976 bits per heavy atom. The summed E-state index contributed by atoms with van der Waals surface area (Å²) in [6.45, 7) is 2.76. The molecule has 0 unspecified atom stereocenters. The Morgan fingerprint density at radius 2 is 1.73 bits per heavy atom. The molecule has 214 valence electrons. The number of benzene rings is 3. The second kappa shape index (κ2) is 14.5. The first kappa shape index (κ1) is 29.8. The van der Waals surface area contributed by atoms with Crippen molar-refractivity contribution in [2.24, 2.45) is 10.2 Å². The number of amides is 2. The smallest absolute Gasteiger partial charge is 0.364 e. The number of azo groups is 1. The maximum atomic E-state index is 13.2. The Morgan fingerprint density at radius 3 is 2.44 bits per heavy atom. The molecule has 4 aromatic rings. The first-order chi connectivity index (χ1) is 19.9. The first-order valence-corrected chi connectivity index (χ1v) is 14.6. The summed E-state index contributed by atoms with van der Waals surface area (Å²) in [6.07, 6.45) is 5.88. The number of urea groups is 1. The van der Waals surface area contributed by atoms with Gasteiger partial charge in [0.05, 0.1) is 11.1 Å². The molecule has 4 rings (SSSR count). The minimum absolute atomic E-state index is 0.0400. The monoisotopic (exact) mass is 576 g/mol. The maximum Gasteiger partial charge on any atom is 0.364 e. The van der Waals surface area contributed by atoms with Crippen molar-refractivity contribution in [2.45, 2.75) is 56.9 Å². The van der Waals surface area contributed by atoms with Crippen molar-refractivity contribution in [3.63, 3.8) is 0 Å². The van der Waals surface area contributed by atoms with Crippen molar-refractivity contribution in [1.82, 2.24) is 4.57 Å². The number of aryl methyl sites for hydroxylation is 2. The Kier molecular flexibility index (Phi) is 10.5. The van der Waals surface area contributed by atoms with Crippen LogP contribution in [-0.4, -0.2) is 32.5 Å². The van der Waals surface area contributed by atoms with Crippen molar-refractivity contribution in [1.29, 1.82) is 0 Å². The van der Waals surface area contributed by atoms with E-state index in [0.29, 0.717) is 17.6 Å². The van der Waals surface area contributed by atoms with Gasteiger partial charge >= 0.3 is 12.0 Å². The van der Waals surface area contributed by atoms with Crippen LogP contribution in [0.1, 0.15) is 54.9 Å². The zero-order valence-corrected chi connectivity index (χ0v) is 23.7. The van der Waals surface area contributed by atoms with E-state index in [0.717, 1.165) is 60.3 Å². The van der Waals surface area contributed by atoms with E-state index < -0.39 is 17.8 Å². The summed E-state index contributed by atoms with van der Waals surface area (Å²) in [5.41, 5.74) is 2.78. The number of hydrogen-bond acceptors (Lipinski definition) is 5. The number of nitrogens with one attached hydrogen (secondary N) is 1. The Bertz CT molecular complexity index is 1520. The lowest BCUT2D eigenvalue weighted by Gasteiger charge is -2.07. The number of aromatic carboxylic acids is 1. The van der Waals surface area contributed by atoms with Gasteiger partial charge in [0, 0.05) is 22.5 Å². The lowest BCUT2D eigenvalue weighted by molar-refractivity contribution is 0.0697. The Balaban J connectivity index is 1.48. The number of carbonyl (C=O) groups is 2. The molecule has 0 aliphatic rings. The van der Waals surface area contributed by atoms with Gasteiger partial charge in [-0.05, 0) is 85.2 Å². The van der Waals surface area contributed by atoms with Crippen LogP contribution < -0.4 is 5.32 Å². The molecule has 0 aliphatic heterocycles. The fraction of sp³-hybridized carbons (Fsp3) is 0.290. The summed E-state index contributed by atoms with van der Waals surface area (Å²) in [5.74, 6) is -0.547. The van der Waals surface area contributed by atoms with Crippen LogP contribution in [0.4, 0.5) is 20.6 Å². The molecule has 3 aromatic carbocycles. The first-order valence-electron chi connectivity index (χ1n) is 13.6. The lowest BCUT2D eigenvalue weighted by Crippen LogP contribution is -2.05. The Hall–Kier alpha value is -4.18. The van der Waals surface area contributed by atoms with Gasteiger partial charge in [0.15, 0.2) is 5.69 Å². The average Bonchev–Trinajstić information content (AvgIpc) is 3.23. The highest BCUT2D eigenvalue weighted by Crippen LogP contribution is 2.41. The molecule has 41 heavy (non-hydrogen) atoms. The van der Waals surface area contributed by atoms with Crippen LogP contribution in [0.3, 0.4) is 0 Å². The molecule has 0 aliphatic carbocycles. The number of hydrogen-bond donors (Lipinski definition) is 3. The minimum Gasteiger partial charge on any atom is -0.493 e. The molecule has 3 N–H and O–H groups in total. The van der Waals surface area contributed by atoms with Crippen molar-refractivity contribution >= 4 is 46.0 Å². The molecule has 0 bridgehead atoms. The largest absolute Gasteiger partial charge is 0.493 e. The number of aromatic nitrogens is 1. The molecule has 0 saturated heterocycles. The molecule has 0 saturated carbocycles. The molecule has 0 spiro atoms. The van der Waals surface area contributed by atoms with Crippen LogP contribution in [0.25, 0.3) is 10.9 Å². The van der Waals surface area contributed by atoms with E-state index in [1.54, 1.807) is 23.9 Å². The normalized spacial score (nSPS) is 11.4. The predicted octanol–water partition coefficient (Wildman–Crippen LogP) is 8.81. The second-order valence-electron chi connectivity index (χ2n) is 9.65. The van der Waals surface area contributed by atoms with Gasteiger partial charge in [-0.3, -0.25) is 0 Å². The van der Waals surface area contributed by atoms with Crippen LogP contribution in [0.5, 0.6) is 5.88 Å². The number of thioether (sulfide) groups is 1. The number of carbonyl (C=O) groups excluding carboxylic acids is 1. The van der Waals surface area contributed by atoms with E-state index in [4.69, 9.17) is 5.11 Å². The van der Waals surface area contributed by atoms with E-state index in [-0.39, 0.29) is 17.1 Å². The molecule has 10 heteroatoms. The molecular formula is C31H33FN4O4S. The van der Waals surface area contributed by atoms with E-state index >= 15 is 0 Å². The number of rotatable bonds is 13. The zero-order chi connectivity index (χ0) is 29.2. The fourth-order valence-electron chi connectivity index (χ4n) is 4.47. The second-order valence-corrected chi connectivity index (χ2v) is 10.8. The Labute approximate surface area is 242 Å². The van der Waals surface area contributed by atoms with Gasteiger partial charge in [-0.2, -0.15) is 0 Å². The van der Waals surface area contributed by atoms with Crippen LogP contribution >= 0.6 is 11.8 Å². The van der Waals surface area contributed by atoms with Gasteiger partial charge in [-0.1, -0.05) is 43.4 Å². The van der Waals surface area contributed by atoms with Gasteiger partial charge < -0.3 is 20.1 Å². The highest BCUT2D eigenvalue weighted by atomic mass is 32.2. The standard InChI is InChI=1S/C31H33FN4O4S/c1-2-3-4-5-18-36-27-17-16-25(41-19-6-7-21-8-10-22(11-9-21)30(38)39)20-26(27)28(29(36)37)34-35-31(40)33-24-14-12-23(32)13-15-24/h8-17,20,37H,2-7,18-19H2,1H3,(H,33,40)(H,38,39). The minimum atomic E-state index is -0.935. The summed E-state index contributed by atoms with van der Waals surface area (Å²) < 4.78 is 15.0. The number of aromatic hydroxyl groups is 1. The average molecular weight is 577 g/mol. The SMILES string of the molecule is CCCCCCn1c(O)c(N=NC(=O)Nc2ccc(F)cc2)c2cc(SCCCc3ccc(C(=O)O)cc3)ccc21. The maximum absolute atomic E-state index is 13.2.